The van der Waals surface area contributed by atoms with Crippen molar-refractivity contribution in [1.82, 2.24) is 19.4 Å². The first-order chi connectivity index (χ1) is 10.2. The van der Waals surface area contributed by atoms with E-state index in [0.29, 0.717) is 10.9 Å². The lowest BCUT2D eigenvalue weighted by Crippen LogP contribution is -2.34. The molecule has 1 saturated heterocycles. The highest BCUT2D eigenvalue weighted by atomic mass is 35.5. The van der Waals surface area contributed by atoms with E-state index in [4.69, 9.17) is 11.6 Å². The van der Waals surface area contributed by atoms with Crippen molar-refractivity contribution < 1.29 is 4.79 Å². The van der Waals surface area contributed by atoms with Crippen LogP contribution in [-0.2, 0) is 6.54 Å². The van der Waals surface area contributed by atoms with Crippen molar-refractivity contribution in [3.8, 4) is 0 Å². The Balaban J connectivity index is 1.59. The molecule has 112 valence electrons. The van der Waals surface area contributed by atoms with Crippen molar-refractivity contribution in [2.75, 3.05) is 26.2 Å². The maximum atomic E-state index is 12.4. The summed E-state index contributed by atoms with van der Waals surface area (Å²) < 4.78 is 4.52. The second-order valence-corrected chi connectivity index (χ2v) is 7.06. The number of carbonyl (C=O) groups is 1. The van der Waals surface area contributed by atoms with Crippen LogP contribution in [0.1, 0.15) is 22.5 Å². The maximum Gasteiger partial charge on any atom is 0.254 e. The van der Waals surface area contributed by atoms with Crippen LogP contribution in [0, 0.1) is 0 Å². The molecule has 0 bridgehead atoms. The average Bonchev–Trinajstić information content (AvgIpc) is 3.08. The molecule has 1 amide bonds. The molecule has 0 aromatic carbocycles. The first-order valence-corrected chi connectivity index (χ1v) is 8.84. The Labute approximate surface area is 136 Å². The molecule has 2 aromatic rings. The number of rotatable bonds is 3. The molecule has 1 fully saturated rings. The lowest BCUT2D eigenvalue weighted by atomic mass is 10.3. The van der Waals surface area contributed by atoms with Crippen molar-refractivity contribution in [3.05, 3.63) is 32.4 Å². The van der Waals surface area contributed by atoms with Crippen LogP contribution < -0.4 is 0 Å². The Morgan fingerprint density at radius 2 is 2.24 bits per heavy atom. The largest absolute Gasteiger partial charge is 0.337 e. The fourth-order valence-corrected chi connectivity index (χ4v) is 3.65. The predicted octanol–water partition coefficient (Wildman–Crippen LogP) is 2.60. The molecule has 0 spiro atoms. The van der Waals surface area contributed by atoms with Crippen molar-refractivity contribution in [3.63, 3.8) is 0 Å². The molecule has 0 aliphatic carbocycles. The third-order valence-corrected chi connectivity index (χ3v) is 5.19. The smallest absolute Gasteiger partial charge is 0.254 e. The number of halogens is 1. The first-order valence-electron chi connectivity index (χ1n) is 6.74. The molecule has 0 unspecified atom stereocenters. The van der Waals surface area contributed by atoms with Crippen molar-refractivity contribution >= 4 is 40.4 Å². The zero-order valence-electron chi connectivity index (χ0n) is 11.4. The van der Waals surface area contributed by atoms with Crippen LogP contribution in [0.2, 0.25) is 4.34 Å². The van der Waals surface area contributed by atoms with Gasteiger partial charge in [-0.2, -0.15) is 11.3 Å². The van der Waals surface area contributed by atoms with Gasteiger partial charge >= 0.3 is 0 Å². The van der Waals surface area contributed by atoms with Crippen LogP contribution in [0.5, 0.6) is 0 Å². The van der Waals surface area contributed by atoms with Crippen LogP contribution >= 0.6 is 34.5 Å². The predicted molar refractivity (Wildman–Crippen MR) is 85.0 cm³/mol. The van der Waals surface area contributed by atoms with Gasteiger partial charge in [0.1, 0.15) is 10.0 Å². The monoisotopic (exact) mass is 342 g/mol. The zero-order valence-corrected chi connectivity index (χ0v) is 13.8. The Bertz CT molecular complexity index is 601. The summed E-state index contributed by atoms with van der Waals surface area (Å²) in [5, 5.41) is 7.90. The fraction of sp³-hybridized carbons (Fsp3) is 0.462. The molecule has 1 aliphatic heterocycles. The molecule has 0 radical (unpaired) electrons. The Morgan fingerprint density at radius 1 is 1.33 bits per heavy atom. The summed E-state index contributed by atoms with van der Waals surface area (Å²) in [6, 6.07) is 1.89. The number of nitrogens with zero attached hydrogens (tertiary/aromatic N) is 4. The van der Waals surface area contributed by atoms with Crippen molar-refractivity contribution in [2.45, 2.75) is 13.0 Å². The second-order valence-electron chi connectivity index (χ2n) is 4.93. The number of thiophene rings is 1. The summed E-state index contributed by atoms with van der Waals surface area (Å²) in [7, 11) is 0. The number of carbonyl (C=O) groups excluding carboxylic acids is 1. The van der Waals surface area contributed by atoms with E-state index >= 15 is 0 Å². The molecule has 3 heterocycles. The van der Waals surface area contributed by atoms with Gasteiger partial charge in [0, 0.05) is 49.6 Å². The van der Waals surface area contributed by atoms with E-state index in [0.717, 1.165) is 43.9 Å². The van der Waals surface area contributed by atoms with E-state index in [1.54, 1.807) is 11.3 Å². The van der Waals surface area contributed by atoms with Crippen LogP contribution in [0.3, 0.4) is 0 Å². The number of hydrogen-bond donors (Lipinski definition) is 0. The van der Waals surface area contributed by atoms with E-state index in [1.807, 2.05) is 21.7 Å². The lowest BCUT2D eigenvalue weighted by Gasteiger charge is -2.21. The highest BCUT2D eigenvalue weighted by Gasteiger charge is 2.21. The van der Waals surface area contributed by atoms with E-state index in [-0.39, 0.29) is 5.91 Å². The van der Waals surface area contributed by atoms with Gasteiger partial charge in [-0.25, -0.2) is 0 Å². The standard InChI is InChI=1S/C13H15ClN4OS2/c14-12-11(15-16-21-12)8-17-3-1-4-18(6-5-17)13(19)10-2-7-20-9-10/h2,7,9H,1,3-6,8H2. The van der Waals surface area contributed by atoms with Gasteiger partial charge in [-0.15, -0.1) is 5.10 Å². The normalized spacial score (nSPS) is 16.9. The van der Waals surface area contributed by atoms with Gasteiger partial charge in [-0.3, -0.25) is 9.69 Å². The highest BCUT2D eigenvalue weighted by Crippen LogP contribution is 2.20. The van der Waals surface area contributed by atoms with Crippen LogP contribution in [0.25, 0.3) is 0 Å². The minimum absolute atomic E-state index is 0.131. The summed E-state index contributed by atoms with van der Waals surface area (Å²) in [5.41, 5.74) is 1.62. The molecule has 1 aliphatic rings. The lowest BCUT2D eigenvalue weighted by molar-refractivity contribution is 0.0761. The van der Waals surface area contributed by atoms with Crippen LogP contribution in [0.15, 0.2) is 16.8 Å². The van der Waals surface area contributed by atoms with Gasteiger partial charge in [-0.05, 0) is 17.9 Å². The molecule has 0 N–H and O–H groups in total. The topological polar surface area (TPSA) is 49.3 Å². The molecule has 2 aromatic heterocycles. The maximum absolute atomic E-state index is 12.4. The molecular formula is C13H15ClN4OS2. The number of aromatic nitrogens is 2. The SMILES string of the molecule is O=C(c1ccsc1)N1CCCN(Cc2nnsc2Cl)CC1. The average molecular weight is 343 g/mol. The van der Waals surface area contributed by atoms with E-state index in [1.165, 1.54) is 11.5 Å². The minimum Gasteiger partial charge on any atom is -0.337 e. The summed E-state index contributed by atoms with van der Waals surface area (Å²) >= 11 is 8.82. The van der Waals surface area contributed by atoms with E-state index < -0.39 is 0 Å². The summed E-state index contributed by atoms with van der Waals surface area (Å²) in [6.07, 6.45) is 0.963. The first kappa shape index (κ1) is 14.9. The third-order valence-electron chi connectivity index (χ3n) is 3.53. The third kappa shape index (κ3) is 3.60. The van der Waals surface area contributed by atoms with Gasteiger partial charge in [0.15, 0.2) is 0 Å². The quantitative estimate of drug-likeness (QED) is 0.860. The van der Waals surface area contributed by atoms with Crippen LogP contribution in [0.4, 0.5) is 0 Å². The van der Waals surface area contributed by atoms with E-state index in [2.05, 4.69) is 14.5 Å². The number of amides is 1. The Hall–Kier alpha value is -1.02. The molecule has 21 heavy (non-hydrogen) atoms. The van der Waals surface area contributed by atoms with Gasteiger partial charge in [0.05, 0.1) is 5.56 Å². The van der Waals surface area contributed by atoms with Gasteiger partial charge in [-0.1, -0.05) is 16.1 Å². The molecule has 0 saturated carbocycles. The number of hydrogen-bond acceptors (Lipinski definition) is 6. The molecular weight excluding hydrogens is 328 g/mol. The van der Waals surface area contributed by atoms with Crippen LogP contribution in [-0.4, -0.2) is 51.5 Å². The van der Waals surface area contributed by atoms with E-state index in [9.17, 15) is 4.79 Å². The molecule has 8 heteroatoms. The zero-order chi connectivity index (χ0) is 14.7. The van der Waals surface area contributed by atoms with Crippen molar-refractivity contribution in [2.24, 2.45) is 0 Å². The Morgan fingerprint density at radius 3 is 2.95 bits per heavy atom. The van der Waals surface area contributed by atoms with Crippen molar-refractivity contribution in [1.29, 1.82) is 0 Å². The summed E-state index contributed by atoms with van der Waals surface area (Å²) in [4.78, 5) is 16.6. The molecule has 3 rings (SSSR count). The van der Waals surface area contributed by atoms with Gasteiger partial charge < -0.3 is 4.90 Å². The highest BCUT2D eigenvalue weighted by molar-refractivity contribution is 7.10. The summed E-state index contributed by atoms with van der Waals surface area (Å²) in [6.45, 7) is 4.03. The van der Waals surface area contributed by atoms with Gasteiger partial charge in [0.25, 0.3) is 5.91 Å². The minimum atomic E-state index is 0.131. The fourth-order valence-electron chi connectivity index (χ4n) is 2.40. The Kier molecular flexibility index (Phi) is 4.84. The molecule has 5 nitrogen and oxygen atoms in total. The van der Waals surface area contributed by atoms with Gasteiger partial charge in [0.2, 0.25) is 0 Å². The second kappa shape index (κ2) is 6.83. The summed E-state index contributed by atoms with van der Waals surface area (Å²) in [5.74, 6) is 0.131. The molecule has 0 atom stereocenters.